The summed E-state index contributed by atoms with van der Waals surface area (Å²) in [6, 6.07) is 6.82. The van der Waals surface area contributed by atoms with Crippen LogP contribution in [0.5, 0.6) is 0 Å². The van der Waals surface area contributed by atoms with Crippen LogP contribution in [-0.4, -0.2) is 12.5 Å². The summed E-state index contributed by atoms with van der Waals surface area (Å²) >= 11 is 0. The molecule has 1 amide bonds. The summed E-state index contributed by atoms with van der Waals surface area (Å²) in [6.07, 6.45) is -4.44. The minimum atomic E-state index is -4.44. The van der Waals surface area contributed by atoms with Crippen molar-refractivity contribution in [3.63, 3.8) is 0 Å². The molecule has 0 fully saturated rings. The zero-order valence-corrected chi connectivity index (χ0v) is 13.2. The van der Waals surface area contributed by atoms with Gasteiger partial charge in [0.05, 0.1) is 5.56 Å². The first-order chi connectivity index (χ1) is 11.7. The number of rotatable bonds is 5. The van der Waals surface area contributed by atoms with Crippen molar-refractivity contribution >= 4 is 11.6 Å². The first kappa shape index (κ1) is 18.9. The maximum Gasteiger partial charge on any atom is 0.416 e. The van der Waals surface area contributed by atoms with E-state index in [0.717, 1.165) is 36.4 Å². The van der Waals surface area contributed by atoms with Crippen molar-refractivity contribution in [3.8, 4) is 0 Å². The van der Waals surface area contributed by atoms with Crippen LogP contribution in [0.2, 0.25) is 0 Å². The van der Waals surface area contributed by atoms with Crippen molar-refractivity contribution in [3.05, 3.63) is 65.2 Å². The molecule has 0 radical (unpaired) electrons. The molecule has 0 spiro atoms. The third kappa shape index (κ3) is 5.25. The lowest BCUT2D eigenvalue weighted by molar-refractivity contribution is -0.682. The Balaban J connectivity index is 1.90. The minimum Gasteiger partial charge on any atom is -0.332 e. The molecule has 0 aliphatic rings. The number of nitrogens with one attached hydrogen (secondary N) is 1. The van der Waals surface area contributed by atoms with Crippen molar-refractivity contribution in [1.29, 1.82) is 0 Å². The summed E-state index contributed by atoms with van der Waals surface area (Å²) in [4.78, 5) is 11.9. The molecule has 0 unspecified atom stereocenters. The number of amides is 1. The molecule has 0 saturated carbocycles. The predicted octanol–water partition coefficient (Wildman–Crippen LogP) is 3.25. The molecule has 0 heterocycles. The predicted molar refractivity (Wildman–Crippen MR) is 81.6 cm³/mol. The molecule has 2 aromatic carbocycles. The fraction of sp³-hybridized carbons (Fsp3) is 0.235. The number of nitrogens with two attached hydrogens (primary N) is 1. The van der Waals surface area contributed by atoms with Gasteiger partial charge in [-0.05, 0) is 43.3 Å². The quantitative estimate of drug-likeness (QED) is 0.791. The molecule has 0 aliphatic heterocycles. The summed E-state index contributed by atoms with van der Waals surface area (Å²) in [7, 11) is 0. The number of carbonyl (C=O) groups is 1. The highest BCUT2D eigenvalue weighted by Gasteiger charge is 2.30. The summed E-state index contributed by atoms with van der Waals surface area (Å²) in [5.74, 6) is -1.84. The summed E-state index contributed by atoms with van der Waals surface area (Å²) in [5.41, 5.74) is -0.326. The van der Waals surface area contributed by atoms with E-state index in [2.05, 4.69) is 5.32 Å². The van der Waals surface area contributed by atoms with Crippen LogP contribution in [0.3, 0.4) is 0 Å². The lowest BCUT2D eigenvalue weighted by Crippen LogP contribution is -2.86. The van der Waals surface area contributed by atoms with Gasteiger partial charge in [-0.15, -0.1) is 0 Å². The zero-order valence-electron chi connectivity index (χ0n) is 13.2. The number of anilines is 1. The standard InChI is InChI=1S/C17H15F5N2O/c1-10(14-7-4-12(18)8-15(14)19)23-9-16(25)24-13-5-2-11(3-6-13)17(20,21)22/h2-8,10,23H,9H2,1H3,(H,24,25)/p+1/t10-/m0/s1. The molecule has 2 rings (SSSR count). The summed E-state index contributed by atoms with van der Waals surface area (Å²) < 4.78 is 63.9. The van der Waals surface area contributed by atoms with Crippen LogP contribution >= 0.6 is 0 Å². The highest BCUT2D eigenvalue weighted by atomic mass is 19.4. The normalized spacial score (nSPS) is 12.7. The van der Waals surface area contributed by atoms with Crippen molar-refractivity contribution in [2.24, 2.45) is 0 Å². The van der Waals surface area contributed by atoms with Gasteiger partial charge in [0.15, 0.2) is 6.54 Å². The number of hydrogen-bond acceptors (Lipinski definition) is 1. The summed E-state index contributed by atoms with van der Waals surface area (Å²) in [6.45, 7) is 1.58. The van der Waals surface area contributed by atoms with Crippen LogP contribution in [-0.2, 0) is 11.0 Å². The second kappa shape index (κ2) is 7.60. The second-order valence-electron chi connectivity index (χ2n) is 5.52. The Labute approximate surface area is 140 Å². The van der Waals surface area contributed by atoms with E-state index in [4.69, 9.17) is 0 Å². The Hall–Kier alpha value is -2.48. The fourth-order valence-corrected chi connectivity index (χ4v) is 2.24. The molecule has 0 aliphatic carbocycles. The van der Waals surface area contributed by atoms with Crippen LogP contribution in [0.15, 0.2) is 42.5 Å². The van der Waals surface area contributed by atoms with Gasteiger partial charge in [0.1, 0.15) is 17.7 Å². The van der Waals surface area contributed by atoms with Gasteiger partial charge in [0, 0.05) is 17.3 Å². The SMILES string of the molecule is C[C@H]([NH2+]CC(=O)Nc1ccc(C(F)(F)F)cc1)c1ccc(F)cc1F. The van der Waals surface area contributed by atoms with E-state index in [0.29, 0.717) is 0 Å². The third-order valence-corrected chi connectivity index (χ3v) is 3.61. The Morgan fingerprint density at radius 1 is 1.12 bits per heavy atom. The van der Waals surface area contributed by atoms with Gasteiger partial charge < -0.3 is 10.6 Å². The maximum atomic E-state index is 13.7. The van der Waals surface area contributed by atoms with Gasteiger partial charge in [-0.1, -0.05) is 0 Å². The van der Waals surface area contributed by atoms with Gasteiger partial charge in [0.2, 0.25) is 0 Å². The second-order valence-corrected chi connectivity index (χ2v) is 5.52. The smallest absolute Gasteiger partial charge is 0.332 e. The van der Waals surface area contributed by atoms with Gasteiger partial charge in [-0.25, -0.2) is 8.78 Å². The number of hydrogen-bond donors (Lipinski definition) is 2. The van der Waals surface area contributed by atoms with E-state index < -0.39 is 35.3 Å². The van der Waals surface area contributed by atoms with Crippen molar-refractivity contribution in [1.82, 2.24) is 0 Å². The lowest BCUT2D eigenvalue weighted by atomic mass is 10.1. The molecule has 0 saturated heterocycles. The molecule has 1 atom stereocenters. The van der Waals surface area contributed by atoms with Crippen LogP contribution in [0.4, 0.5) is 27.6 Å². The van der Waals surface area contributed by atoms with E-state index in [1.807, 2.05) is 0 Å². The zero-order chi connectivity index (χ0) is 18.6. The highest BCUT2D eigenvalue weighted by molar-refractivity contribution is 5.91. The van der Waals surface area contributed by atoms with E-state index in [1.165, 1.54) is 11.4 Å². The molecule has 2 aromatic rings. The van der Waals surface area contributed by atoms with Gasteiger partial charge in [0.25, 0.3) is 5.91 Å². The third-order valence-electron chi connectivity index (χ3n) is 3.61. The van der Waals surface area contributed by atoms with E-state index in [9.17, 15) is 26.7 Å². The number of quaternary nitrogens is 1. The number of alkyl halides is 3. The van der Waals surface area contributed by atoms with Gasteiger partial charge in [-0.2, -0.15) is 13.2 Å². The number of benzene rings is 2. The van der Waals surface area contributed by atoms with Crippen molar-refractivity contribution in [2.45, 2.75) is 19.1 Å². The van der Waals surface area contributed by atoms with Gasteiger partial charge in [-0.3, -0.25) is 4.79 Å². The van der Waals surface area contributed by atoms with Crippen molar-refractivity contribution < 1.29 is 32.1 Å². The van der Waals surface area contributed by atoms with Crippen LogP contribution < -0.4 is 10.6 Å². The lowest BCUT2D eigenvalue weighted by Gasteiger charge is -2.12. The van der Waals surface area contributed by atoms with Crippen LogP contribution in [0, 0.1) is 11.6 Å². The molecule has 3 N–H and O–H groups in total. The molecule has 134 valence electrons. The Morgan fingerprint density at radius 3 is 2.32 bits per heavy atom. The van der Waals surface area contributed by atoms with E-state index in [-0.39, 0.29) is 17.8 Å². The molecular formula is C17H16F5N2O+. The minimum absolute atomic E-state index is 0.0704. The fourth-order valence-electron chi connectivity index (χ4n) is 2.24. The molecule has 3 nitrogen and oxygen atoms in total. The summed E-state index contributed by atoms with van der Waals surface area (Å²) in [5, 5.41) is 4.00. The van der Waals surface area contributed by atoms with E-state index >= 15 is 0 Å². The van der Waals surface area contributed by atoms with Crippen LogP contribution in [0.25, 0.3) is 0 Å². The molecule has 25 heavy (non-hydrogen) atoms. The van der Waals surface area contributed by atoms with Crippen molar-refractivity contribution in [2.75, 3.05) is 11.9 Å². The average molecular weight is 359 g/mol. The monoisotopic (exact) mass is 359 g/mol. The topological polar surface area (TPSA) is 45.7 Å². The first-order valence-electron chi connectivity index (χ1n) is 7.42. The van der Waals surface area contributed by atoms with Gasteiger partial charge >= 0.3 is 6.18 Å². The Kier molecular flexibility index (Phi) is 5.73. The highest BCUT2D eigenvalue weighted by Crippen LogP contribution is 2.29. The maximum absolute atomic E-state index is 13.7. The first-order valence-corrected chi connectivity index (χ1v) is 7.42. The number of halogens is 5. The molecule has 0 aromatic heterocycles. The molecule has 8 heteroatoms. The Morgan fingerprint density at radius 2 is 1.76 bits per heavy atom. The average Bonchev–Trinajstić information content (AvgIpc) is 2.52. The molecular weight excluding hydrogens is 343 g/mol. The largest absolute Gasteiger partial charge is 0.416 e. The number of carbonyl (C=O) groups excluding carboxylic acids is 1. The Bertz CT molecular complexity index is 744. The van der Waals surface area contributed by atoms with Crippen LogP contribution in [0.1, 0.15) is 24.1 Å². The van der Waals surface area contributed by atoms with E-state index in [1.54, 1.807) is 6.92 Å². The molecule has 0 bridgehead atoms.